The maximum atomic E-state index is 14.1. The molecule has 1 saturated heterocycles. The molecule has 3 heterocycles. The Balaban J connectivity index is 1.24. The molecule has 5 nitrogen and oxygen atoms in total. The SMILES string of the molecule is O=C1N=C(N2CCN(c3ccccc3F)CC2)S/C1=C/c1ccc(-c2cccc(Cl)c2)o1. The Bertz CT molecular complexity index is 1230. The van der Waals surface area contributed by atoms with Gasteiger partial charge >= 0.3 is 0 Å². The zero-order chi connectivity index (χ0) is 22.1. The molecule has 0 bridgehead atoms. The van der Waals surface area contributed by atoms with Gasteiger partial charge in [0.2, 0.25) is 0 Å². The van der Waals surface area contributed by atoms with Gasteiger partial charge in [-0.25, -0.2) is 4.39 Å². The van der Waals surface area contributed by atoms with E-state index in [0.29, 0.717) is 58.5 Å². The van der Waals surface area contributed by atoms with Crippen LogP contribution in [0.3, 0.4) is 0 Å². The number of carbonyl (C=O) groups excluding carboxylic acids is 1. The summed E-state index contributed by atoms with van der Waals surface area (Å²) in [6.07, 6.45) is 1.72. The zero-order valence-corrected chi connectivity index (χ0v) is 18.6. The fraction of sp³-hybridized carbons (Fsp3) is 0.167. The molecule has 1 amide bonds. The first-order valence-electron chi connectivity index (χ1n) is 10.2. The lowest BCUT2D eigenvalue weighted by atomic mass is 10.2. The van der Waals surface area contributed by atoms with Gasteiger partial charge in [-0.2, -0.15) is 4.99 Å². The fourth-order valence-corrected chi connectivity index (χ4v) is 4.87. The monoisotopic (exact) mass is 467 g/mol. The number of amides is 1. The summed E-state index contributed by atoms with van der Waals surface area (Å²) in [4.78, 5) is 21.3. The second-order valence-corrected chi connectivity index (χ2v) is 8.89. The molecule has 0 saturated carbocycles. The van der Waals surface area contributed by atoms with Gasteiger partial charge in [0.15, 0.2) is 5.17 Å². The third-order valence-corrected chi connectivity index (χ3v) is 6.64. The van der Waals surface area contributed by atoms with Crippen molar-refractivity contribution >= 4 is 46.2 Å². The third-order valence-electron chi connectivity index (χ3n) is 5.36. The zero-order valence-electron chi connectivity index (χ0n) is 17.0. The van der Waals surface area contributed by atoms with E-state index in [4.69, 9.17) is 16.0 Å². The number of nitrogens with zero attached hydrogens (tertiary/aromatic N) is 3. The van der Waals surface area contributed by atoms with Crippen LogP contribution in [0.2, 0.25) is 5.02 Å². The summed E-state index contributed by atoms with van der Waals surface area (Å²) in [5, 5.41) is 1.31. The first-order valence-corrected chi connectivity index (χ1v) is 11.4. The molecule has 0 unspecified atom stereocenters. The number of aliphatic imine (C=N–C) groups is 1. The number of piperazine rings is 1. The van der Waals surface area contributed by atoms with Crippen LogP contribution in [0.25, 0.3) is 17.4 Å². The first kappa shape index (κ1) is 20.8. The minimum absolute atomic E-state index is 0.218. The van der Waals surface area contributed by atoms with E-state index in [1.807, 2.05) is 41.3 Å². The average molecular weight is 468 g/mol. The molecule has 0 atom stereocenters. The summed E-state index contributed by atoms with van der Waals surface area (Å²) in [5.74, 6) is 0.767. The molecule has 5 rings (SSSR count). The Morgan fingerprint density at radius 1 is 1.00 bits per heavy atom. The van der Waals surface area contributed by atoms with Crippen molar-refractivity contribution in [2.24, 2.45) is 4.99 Å². The Hall–Kier alpha value is -3.03. The van der Waals surface area contributed by atoms with Crippen molar-refractivity contribution in [2.45, 2.75) is 0 Å². The topological polar surface area (TPSA) is 49.1 Å². The number of rotatable bonds is 3. The smallest absolute Gasteiger partial charge is 0.286 e. The molecule has 0 radical (unpaired) electrons. The van der Waals surface area contributed by atoms with Crippen molar-refractivity contribution in [3.8, 4) is 11.3 Å². The molecule has 1 fully saturated rings. The molecule has 8 heteroatoms. The Morgan fingerprint density at radius 2 is 1.78 bits per heavy atom. The molecular formula is C24H19ClFN3O2S. The highest BCUT2D eigenvalue weighted by molar-refractivity contribution is 8.18. The van der Waals surface area contributed by atoms with Crippen LogP contribution in [0.15, 0.2) is 75.0 Å². The summed E-state index contributed by atoms with van der Waals surface area (Å²) in [7, 11) is 0. The van der Waals surface area contributed by atoms with Crippen LogP contribution in [0, 0.1) is 5.82 Å². The summed E-state index contributed by atoms with van der Waals surface area (Å²) < 4.78 is 19.9. The van der Waals surface area contributed by atoms with Crippen LogP contribution in [-0.4, -0.2) is 42.2 Å². The molecule has 0 N–H and O–H groups in total. The van der Waals surface area contributed by atoms with Gasteiger partial charge in [0, 0.05) is 42.8 Å². The highest BCUT2D eigenvalue weighted by Crippen LogP contribution is 2.33. The van der Waals surface area contributed by atoms with Crippen molar-refractivity contribution in [1.82, 2.24) is 4.90 Å². The Labute approximate surface area is 194 Å². The van der Waals surface area contributed by atoms with Crippen LogP contribution in [-0.2, 0) is 4.79 Å². The molecule has 162 valence electrons. The van der Waals surface area contributed by atoms with Gasteiger partial charge in [0.25, 0.3) is 5.91 Å². The standard InChI is InChI=1S/C24H19ClFN3O2S/c25-17-5-3-4-16(14-17)21-9-8-18(31-21)15-22-23(30)27-24(32-22)29-12-10-28(11-13-29)20-7-2-1-6-19(20)26/h1-9,14-15H,10-13H2/b22-15+. The molecule has 2 aliphatic rings. The molecular weight excluding hydrogens is 449 g/mol. The van der Waals surface area contributed by atoms with Crippen molar-refractivity contribution in [3.05, 3.63) is 82.2 Å². The number of anilines is 1. The minimum atomic E-state index is -0.276. The maximum absolute atomic E-state index is 14.1. The predicted molar refractivity (Wildman–Crippen MR) is 127 cm³/mol. The van der Waals surface area contributed by atoms with Crippen molar-refractivity contribution < 1.29 is 13.6 Å². The number of benzene rings is 2. The lowest BCUT2D eigenvalue weighted by Gasteiger charge is -2.36. The minimum Gasteiger partial charge on any atom is -0.457 e. The van der Waals surface area contributed by atoms with E-state index in [2.05, 4.69) is 9.89 Å². The van der Waals surface area contributed by atoms with Crippen LogP contribution in [0.4, 0.5) is 10.1 Å². The van der Waals surface area contributed by atoms with E-state index >= 15 is 0 Å². The number of furan rings is 1. The van der Waals surface area contributed by atoms with Crippen LogP contribution in [0.1, 0.15) is 5.76 Å². The number of halogens is 2. The Kier molecular flexibility index (Phi) is 5.76. The van der Waals surface area contributed by atoms with Gasteiger partial charge in [-0.1, -0.05) is 35.9 Å². The fourth-order valence-electron chi connectivity index (χ4n) is 3.74. The highest BCUT2D eigenvalue weighted by Gasteiger charge is 2.29. The summed E-state index contributed by atoms with van der Waals surface area (Å²) >= 11 is 7.40. The van der Waals surface area contributed by atoms with Gasteiger partial charge in [-0.05, 0) is 48.2 Å². The van der Waals surface area contributed by atoms with E-state index in [1.165, 1.54) is 17.8 Å². The van der Waals surface area contributed by atoms with Crippen molar-refractivity contribution in [3.63, 3.8) is 0 Å². The number of para-hydroxylation sites is 1. The van der Waals surface area contributed by atoms with E-state index in [-0.39, 0.29) is 11.7 Å². The van der Waals surface area contributed by atoms with Crippen LogP contribution < -0.4 is 4.90 Å². The van der Waals surface area contributed by atoms with Crippen LogP contribution >= 0.6 is 23.4 Å². The van der Waals surface area contributed by atoms with Gasteiger partial charge in [0.1, 0.15) is 17.3 Å². The van der Waals surface area contributed by atoms with Crippen molar-refractivity contribution in [2.75, 3.05) is 31.1 Å². The molecule has 0 aliphatic carbocycles. The summed E-state index contributed by atoms with van der Waals surface area (Å²) in [6.45, 7) is 2.66. The summed E-state index contributed by atoms with van der Waals surface area (Å²) in [5.41, 5.74) is 1.48. The molecule has 2 aromatic carbocycles. The number of hydrogen-bond acceptors (Lipinski definition) is 5. The molecule has 3 aromatic rings. The number of hydrogen-bond donors (Lipinski definition) is 0. The lowest BCUT2D eigenvalue weighted by molar-refractivity contribution is -0.113. The van der Waals surface area contributed by atoms with Gasteiger partial charge in [-0.3, -0.25) is 4.79 Å². The van der Waals surface area contributed by atoms with E-state index < -0.39 is 0 Å². The summed E-state index contributed by atoms with van der Waals surface area (Å²) in [6, 6.07) is 17.9. The number of amidine groups is 1. The number of thioether (sulfide) groups is 1. The predicted octanol–water partition coefficient (Wildman–Crippen LogP) is 5.53. The van der Waals surface area contributed by atoms with Gasteiger partial charge in [-0.15, -0.1) is 0 Å². The maximum Gasteiger partial charge on any atom is 0.286 e. The third kappa shape index (κ3) is 4.31. The number of carbonyl (C=O) groups is 1. The van der Waals surface area contributed by atoms with Gasteiger partial charge < -0.3 is 14.2 Å². The first-order chi connectivity index (χ1) is 15.6. The van der Waals surface area contributed by atoms with Crippen molar-refractivity contribution in [1.29, 1.82) is 0 Å². The molecule has 1 aromatic heterocycles. The van der Waals surface area contributed by atoms with Crippen LogP contribution in [0.5, 0.6) is 0 Å². The van der Waals surface area contributed by atoms with E-state index in [9.17, 15) is 9.18 Å². The Morgan fingerprint density at radius 3 is 2.56 bits per heavy atom. The quantitative estimate of drug-likeness (QED) is 0.474. The second kappa shape index (κ2) is 8.84. The lowest BCUT2D eigenvalue weighted by Crippen LogP contribution is -2.48. The van der Waals surface area contributed by atoms with Gasteiger partial charge in [0.05, 0.1) is 10.6 Å². The van der Waals surface area contributed by atoms with E-state index in [1.54, 1.807) is 24.3 Å². The molecule has 32 heavy (non-hydrogen) atoms. The molecule has 0 spiro atoms. The van der Waals surface area contributed by atoms with E-state index in [0.717, 1.165) is 5.56 Å². The second-order valence-electron chi connectivity index (χ2n) is 7.45. The largest absolute Gasteiger partial charge is 0.457 e. The average Bonchev–Trinajstić information content (AvgIpc) is 3.41. The normalized spacial score (nSPS) is 17.9. The molecule has 2 aliphatic heterocycles. The highest BCUT2D eigenvalue weighted by atomic mass is 35.5.